The van der Waals surface area contributed by atoms with Gasteiger partial charge in [0.15, 0.2) is 0 Å². The van der Waals surface area contributed by atoms with Crippen LogP contribution in [-0.4, -0.2) is 36.5 Å². The second kappa shape index (κ2) is 15.0. The third-order valence-corrected chi connectivity index (χ3v) is 4.10. The van der Waals surface area contributed by atoms with Crippen molar-refractivity contribution < 1.29 is 11.0 Å². The maximum absolute atomic E-state index is 4.51. The Kier molecular flexibility index (Phi) is 17.1. The van der Waals surface area contributed by atoms with Crippen molar-refractivity contribution >= 4 is 56.8 Å². The van der Waals surface area contributed by atoms with E-state index >= 15 is 0 Å². The van der Waals surface area contributed by atoms with Gasteiger partial charge in [0.2, 0.25) is 0 Å². The molecule has 27 heavy (non-hydrogen) atoms. The Morgan fingerprint density at radius 2 is 1.00 bits per heavy atom. The minimum absolute atomic E-state index is 0. The van der Waals surface area contributed by atoms with Gasteiger partial charge in [-0.3, -0.25) is 9.98 Å². The molecule has 1 rings (SSSR count). The van der Waals surface area contributed by atoms with Crippen LogP contribution in [0.25, 0.3) is 0 Å². The number of rotatable bonds is 4. The molecule has 0 radical (unpaired) electrons. The van der Waals surface area contributed by atoms with Gasteiger partial charge in [-0.15, -0.1) is 0 Å². The van der Waals surface area contributed by atoms with Crippen LogP contribution in [0.15, 0.2) is 77.7 Å². The summed E-state index contributed by atoms with van der Waals surface area (Å²) in [6.45, 7) is 8.21. The Morgan fingerprint density at radius 1 is 0.704 bits per heavy atom. The standard InChI is InChI=1S/C20H24Br2N2.2H2O.H2S/c1-13(7-9-15(3)21)17-11-12-18(14(2)8-10-16(4)22)20(24-6)19(17)23-5;;;/h7-12H,1-6H3;3*1H2/b13-7+,14-8+,15-9+,16-10+,23-19?,24-20?;;;. The Balaban J connectivity index is -0.00000192. The normalized spacial score (nSPS) is 19.0. The summed E-state index contributed by atoms with van der Waals surface area (Å²) in [6, 6.07) is 0. The molecule has 4 N–H and O–H groups in total. The first-order valence-corrected chi connectivity index (χ1v) is 9.29. The molecule has 0 amide bonds. The number of hydrogen-bond acceptors (Lipinski definition) is 2. The summed E-state index contributed by atoms with van der Waals surface area (Å²) >= 11 is 6.91. The van der Waals surface area contributed by atoms with Gasteiger partial charge in [-0.2, -0.15) is 13.5 Å². The van der Waals surface area contributed by atoms with Gasteiger partial charge in [0.25, 0.3) is 0 Å². The average Bonchev–Trinajstić information content (AvgIpc) is 2.55. The van der Waals surface area contributed by atoms with Gasteiger partial charge >= 0.3 is 0 Å². The molecule has 0 aromatic carbocycles. The van der Waals surface area contributed by atoms with Crippen molar-refractivity contribution in [3.8, 4) is 0 Å². The van der Waals surface area contributed by atoms with E-state index in [4.69, 9.17) is 0 Å². The molecule has 4 nitrogen and oxygen atoms in total. The van der Waals surface area contributed by atoms with Crippen LogP contribution in [0.1, 0.15) is 27.7 Å². The van der Waals surface area contributed by atoms with Crippen LogP contribution in [0.2, 0.25) is 0 Å². The topological polar surface area (TPSA) is 87.7 Å². The zero-order valence-corrected chi connectivity index (χ0v) is 20.8. The fourth-order valence-corrected chi connectivity index (χ4v) is 2.59. The van der Waals surface area contributed by atoms with Crippen LogP contribution < -0.4 is 0 Å². The summed E-state index contributed by atoms with van der Waals surface area (Å²) < 4.78 is 2.18. The van der Waals surface area contributed by atoms with Gasteiger partial charge in [-0.1, -0.05) is 68.3 Å². The first kappa shape index (κ1) is 30.7. The fourth-order valence-electron chi connectivity index (χ4n) is 2.33. The highest BCUT2D eigenvalue weighted by molar-refractivity contribution is 9.12. The molecule has 7 heteroatoms. The van der Waals surface area contributed by atoms with E-state index in [0.29, 0.717) is 0 Å². The van der Waals surface area contributed by atoms with Crippen LogP contribution in [0.3, 0.4) is 0 Å². The van der Waals surface area contributed by atoms with E-state index in [0.717, 1.165) is 42.7 Å². The second-order valence-corrected chi connectivity index (χ2v) is 8.01. The van der Waals surface area contributed by atoms with Gasteiger partial charge in [-0.05, 0) is 47.8 Å². The van der Waals surface area contributed by atoms with Gasteiger partial charge in [-0.25, -0.2) is 0 Å². The number of halogens is 2. The number of allylic oxidation sites excluding steroid dienone is 12. The lowest BCUT2D eigenvalue weighted by Crippen LogP contribution is -2.23. The molecule has 0 spiro atoms. The average molecular weight is 522 g/mol. The molecule has 1 aliphatic rings. The minimum atomic E-state index is 0. The first-order chi connectivity index (χ1) is 11.3. The molecule has 0 saturated heterocycles. The van der Waals surface area contributed by atoms with Gasteiger partial charge < -0.3 is 11.0 Å². The fraction of sp³-hybridized carbons (Fsp3) is 0.300. The maximum atomic E-state index is 4.51. The zero-order chi connectivity index (χ0) is 18.3. The van der Waals surface area contributed by atoms with Crippen molar-refractivity contribution in [2.75, 3.05) is 14.1 Å². The van der Waals surface area contributed by atoms with Crippen molar-refractivity contribution in [3.63, 3.8) is 0 Å². The van der Waals surface area contributed by atoms with Gasteiger partial charge in [0, 0.05) is 25.2 Å². The maximum Gasteiger partial charge on any atom is 0.0903 e. The van der Waals surface area contributed by atoms with Crippen LogP contribution >= 0.6 is 45.4 Å². The van der Waals surface area contributed by atoms with Crippen molar-refractivity contribution in [2.24, 2.45) is 9.98 Å². The van der Waals surface area contributed by atoms with Crippen LogP contribution in [0, 0.1) is 0 Å². The molecule has 0 bridgehead atoms. The summed E-state index contributed by atoms with van der Waals surface area (Å²) in [4.78, 5) is 9.02. The molecule has 1 aliphatic carbocycles. The number of hydrogen-bond donors (Lipinski definition) is 0. The highest BCUT2D eigenvalue weighted by Gasteiger charge is 2.22. The molecular formula is C20H30Br2N2O2S. The van der Waals surface area contributed by atoms with E-state index in [2.05, 4.69) is 80.0 Å². The van der Waals surface area contributed by atoms with Crippen molar-refractivity contribution in [2.45, 2.75) is 27.7 Å². The Hall–Kier alpha value is -0.990. The summed E-state index contributed by atoms with van der Waals surface area (Å²) in [6.07, 6.45) is 12.5. The molecule has 0 saturated carbocycles. The lowest BCUT2D eigenvalue weighted by Gasteiger charge is -2.20. The van der Waals surface area contributed by atoms with E-state index < -0.39 is 0 Å². The zero-order valence-electron chi connectivity index (χ0n) is 16.6. The van der Waals surface area contributed by atoms with Crippen LogP contribution in [-0.2, 0) is 0 Å². The minimum Gasteiger partial charge on any atom is -0.412 e. The summed E-state index contributed by atoms with van der Waals surface area (Å²) in [5.41, 5.74) is 6.37. The van der Waals surface area contributed by atoms with E-state index in [-0.39, 0.29) is 24.4 Å². The molecule has 0 aliphatic heterocycles. The predicted molar refractivity (Wildman–Crippen MR) is 133 cm³/mol. The Bertz CT molecular complexity index is 684. The van der Waals surface area contributed by atoms with Crippen molar-refractivity contribution in [3.05, 3.63) is 67.7 Å². The van der Waals surface area contributed by atoms with Crippen LogP contribution in [0.4, 0.5) is 0 Å². The quantitative estimate of drug-likeness (QED) is 0.370. The monoisotopic (exact) mass is 520 g/mol. The lowest BCUT2D eigenvalue weighted by molar-refractivity contribution is 0.823. The molecule has 0 heterocycles. The van der Waals surface area contributed by atoms with E-state index in [9.17, 15) is 0 Å². The van der Waals surface area contributed by atoms with E-state index in [1.54, 1.807) is 0 Å². The molecular weight excluding hydrogens is 492 g/mol. The van der Waals surface area contributed by atoms with Crippen molar-refractivity contribution in [1.29, 1.82) is 0 Å². The molecule has 0 unspecified atom stereocenters. The second-order valence-electron chi connectivity index (χ2n) is 5.51. The van der Waals surface area contributed by atoms with E-state index in [1.807, 2.05) is 40.1 Å². The SMILES string of the molecule is CN=C1C(/C(C)=C/C=C(\C)Br)=CC=C(/C(C)=C/C=C(\C)Br)C1=NC.O.O.S. The third-order valence-electron chi connectivity index (χ3n) is 3.57. The molecule has 0 aromatic heterocycles. The van der Waals surface area contributed by atoms with Gasteiger partial charge in [0.05, 0.1) is 11.4 Å². The highest BCUT2D eigenvalue weighted by atomic mass is 79.9. The molecule has 152 valence electrons. The van der Waals surface area contributed by atoms with Crippen molar-refractivity contribution in [1.82, 2.24) is 0 Å². The molecule has 0 aromatic rings. The smallest absolute Gasteiger partial charge is 0.0903 e. The predicted octanol–water partition coefficient (Wildman–Crippen LogP) is 4.95. The molecule has 0 atom stereocenters. The highest BCUT2D eigenvalue weighted by Crippen LogP contribution is 2.25. The first-order valence-electron chi connectivity index (χ1n) is 7.70. The Labute approximate surface area is 186 Å². The number of nitrogens with zero attached hydrogens (tertiary/aromatic N) is 2. The third kappa shape index (κ3) is 9.17. The molecule has 0 fully saturated rings. The van der Waals surface area contributed by atoms with E-state index in [1.165, 1.54) is 0 Å². The Morgan fingerprint density at radius 3 is 1.22 bits per heavy atom. The number of aliphatic imine (C=N–C) groups is 2. The summed E-state index contributed by atoms with van der Waals surface area (Å²) in [5.74, 6) is 0. The lowest BCUT2D eigenvalue weighted by atomic mass is 9.86. The van der Waals surface area contributed by atoms with Gasteiger partial charge in [0.1, 0.15) is 0 Å². The van der Waals surface area contributed by atoms with Crippen LogP contribution in [0.5, 0.6) is 0 Å². The summed E-state index contributed by atoms with van der Waals surface area (Å²) in [7, 11) is 3.63. The largest absolute Gasteiger partial charge is 0.412 e. The summed E-state index contributed by atoms with van der Waals surface area (Å²) in [5, 5.41) is 0.